The van der Waals surface area contributed by atoms with Crippen LogP contribution in [0.3, 0.4) is 0 Å². The first kappa shape index (κ1) is 15.8. The van der Waals surface area contributed by atoms with Crippen molar-refractivity contribution in [2.24, 2.45) is 5.73 Å². The number of benzene rings is 2. The summed E-state index contributed by atoms with van der Waals surface area (Å²) >= 11 is 0. The van der Waals surface area contributed by atoms with Crippen molar-refractivity contribution in [3.05, 3.63) is 54.1 Å². The largest absolute Gasteiger partial charge is 0.448 e. The average molecular weight is 338 g/mol. The zero-order chi connectivity index (χ0) is 17.3. The van der Waals surface area contributed by atoms with Gasteiger partial charge >= 0.3 is 0 Å². The monoisotopic (exact) mass is 338 g/mol. The normalized spacial score (nSPS) is 18.7. The highest BCUT2D eigenvalue weighted by atomic mass is 16.7. The second-order valence-corrected chi connectivity index (χ2v) is 6.73. The second kappa shape index (κ2) is 6.31. The number of nitrogens with one attached hydrogen (secondary N) is 1. The van der Waals surface area contributed by atoms with Gasteiger partial charge in [-0.15, -0.1) is 0 Å². The number of nitrogens with two attached hydrogens (primary N) is 1. The number of carbonyl (C=O) groups excluding carboxylic acids is 1. The third-order valence-corrected chi connectivity index (χ3v) is 4.88. The van der Waals surface area contributed by atoms with Gasteiger partial charge in [0.1, 0.15) is 6.04 Å². The van der Waals surface area contributed by atoms with Gasteiger partial charge in [-0.3, -0.25) is 4.79 Å². The number of carbonyl (C=O) groups is 1. The minimum absolute atomic E-state index is 0.424. The van der Waals surface area contributed by atoms with Gasteiger partial charge in [0.25, 0.3) is 5.79 Å². The number of primary amides is 1. The van der Waals surface area contributed by atoms with E-state index in [2.05, 4.69) is 5.32 Å². The van der Waals surface area contributed by atoms with E-state index in [-0.39, 0.29) is 0 Å². The van der Waals surface area contributed by atoms with Gasteiger partial charge in [-0.05, 0) is 30.5 Å². The van der Waals surface area contributed by atoms with E-state index in [4.69, 9.17) is 15.2 Å². The summed E-state index contributed by atoms with van der Waals surface area (Å²) in [5, 5.41) is 3.21. The molecule has 1 amide bonds. The number of rotatable bonds is 4. The van der Waals surface area contributed by atoms with E-state index in [0.717, 1.165) is 48.4 Å². The van der Waals surface area contributed by atoms with E-state index in [1.165, 1.54) is 6.42 Å². The van der Waals surface area contributed by atoms with Crippen LogP contribution in [0, 0.1) is 0 Å². The molecule has 5 heteroatoms. The second-order valence-electron chi connectivity index (χ2n) is 6.73. The molecule has 25 heavy (non-hydrogen) atoms. The number of anilines is 1. The van der Waals surface area contributed by atoms with Crippen LogP contribution in [0.25, 0.3) is 0 Å². The van der Waals surface area contributed by atoms with Crippen molar-refractivity contribution in [1.29, 1.82) is 0 Å². The quantitative estimate of drug-likeness (QED) is 0.890. The Morgan fingerprint density at radius 2 is 1.72 bits per heavy atom. The summed E-state index contributed by atoms with van der Waals surface area (Å²) in [4.78, 5) is 11.9. The lowest BCUT2D eigenvalue weighted by Crippen LogP contribution is -2.40. The van der Waals surface area contributed by atoms with Crippen LogP contribution in [0.15, 0.2) is 48.5 Å². The van der Waals surface area contributed by atoms with Gasteiger partial charge in [0.05, 0.1) is 0 Å². The number of fused-ring (bicyclic) bond motifs is 1. The Kier molecular flexibility index (Phi) is 3.99. The first-order chi connectivity index (χ1) is 12.2. The Morgan fingerprint density at radius 1 is 1.00 bits per heavy atom. The number of amides is 1. The molecule has 2 aromatic carbocycles. The number of hydrogen-bond donors (Lipinski definition) is 2. The van der Waals surface area contributed by atoms with Crippen LogP contribution in [0.2, 0.25) is 0 Å². The molecule has 0 aromatic heterocycles. The van der Waals surface area contributed by atoms with Gasteiger partial charge in [-0.1, -0.05) is 36.8 Å². The first-order valence-electron chi connectivity index (χ1n) is 8.78. The van der Waals surface area contributed by atoms with Crippen molar-refractivity contribution in [2.75, 3.05) is 5.32 Å². The van der Waals surface area contributed by atoms with Gasteiger partial charge in [-0.25, -0.2) is 0 Å². The molecule has 0 saturated heterocycles. The van der Waals surface area contributed by atoms with Crippen molar-refractivity contribution < 1.29 is 14.3 Å². The summed E-state index contributed by atoms with van der Waals surface area (Å²) in [5.74, 6) is 0.570. The molecule has 130 valence electrons. The molecule has 1 aliphatic carbocycles. The van der Waals surface area contributed by atoms with Gasteiger partial charge in [0.2, 0.25) is 5.91 Å². The smallest absolute Gasteiger partial charge is 0.251 e. The van der Waals surface area contributed by atoms with Crippen LogP contribution in [-0.2, 0) is 4.79 Å². The Labute approximate surface area is 147 Å². The zero-order valence-corrected chi connectivity index (χ0v) is 14.0. The molecular weight excluding hydrogens is 316 g/mol. The molecule has 0 bridgehead atoms. The van der Waals surface area contributed by atoms with E-state index in [1.807, 2.05) is 48.5 Å². The maximum absolute atomic E-state index is 11.9. The maximum Gasteiger partial charge on any atom is 0.251 e. The molecule has 2 aliphatic rings. The molecule has 0 radical (unpaired) electrons. The summed E-state index contributed by atoms with van der Waals surface area (Å²) in [6.45, 7) is 0. The third kappa shape index (κ3) is 3.14. The van der Waals surface area contributed by atoms with Crippen LogP contribution in [0.1, 0.15) is 43.7 Å². The van der Waals surface area contributed by atoms with E-state index in [1.54, 1.807) is 0 Å². The SMILES string of the molecule is NC(=O)C(Nc1ccc2c(c1)OC1(CCCCC1)O2)c1ccccc1. The average Bonchev–Trinajstić information content (AvgIpc) is 2.97. The van der Waals surface area contributed by atoms with E-state index < -0.39 is 17.7 Å². The highest BCUT2D eigenvalue weighted by Crippen LogP contribution is 2.46. The molecule has 1 aliphatic heterocycles. The fourth-order valence-electron chi connectivity index (χ4n) is 3.61. The lowest BCUT2D eigenvalue weighted by molar-refractivity contribution is -0.118. The lowest BCUT2D eigenvalue weighted by atomic mass is 9.94. The predicted molar refractivity (Wildman–Crippen MR) is 95.5 cm³/mol. The molecule has 1 fully saturated rings. The third-order valence-electron chi connectivity index (χ3n) is 4.88. The number of hydrogen-bond acceptors (Lipinski definition) is 4. The highest BCUT2D eigenvalue weighted by molar-refractivity contribution is 5.84. The molecule has 5 nitrogen and oxygen atoms in total. The van der Waals surface area contributed by atoms with Crippen LogP contribution in [0.4, 0.5) is 5.69 Å². The van der Waals surface area contributed by atoms with Crippen molar-refractivity contribution in [1.82, 2.24) is 0 Å². The van der Waals surface area contributed by atoms with Crippen molar-refractivity contribution in [2.45, 2.75) is 43.9 Å². The molecular formula is C20H22N2O3. The molecule has 1 spiro atoms. The van der Waals surface area contributed by atoms with Gasteiger partial charge in [0, 0.05) is 24.6 Å². The molecule has 1 heterocycles. The summed E-state index contributed by atoms with van der Waals surface area (Å²) in [6, 6.07) is 14.5. The maximum atomic E-state index is 11.9. The Morgan fingerprint density at radius 3 is 2.44 bits per heavy atom. The van der Waals surface area contributed by atoms with Gasteiger partial charge in [-0.2, -0.15) is 0 Å². The summed E-state index contributed by atoms with van der Waals surface area (Å²) in [7, 11) is 0. The molecule has 4 rings (SSSR count). The van der Waals surface area contributed by atoms with E-state index in [0.29, 0.717) is 0 Å². The van der Waals surface area contributed by atoms with Gasteiger partial charge in [0.15, 0.2) is 11.5 Å². The topological polar surface area (TPSA) is 73.6 Å². The minimum Gasteiger partial charge on any atom is -0.448 e. The Hall–Kier alpha value is -2.69. The fraction of sp³-hybridized carbons (Fsp3) is 0.350. The molecule has 2 aromatic rings. The Balaban J connectivity index is 1.55. The molecule has 1 saturated carbocycles. The van der Waals surface area contributed by atoms with Gasteiger partial charge < -0.3 is 20.5 Å². The lowest BCUT2D eigenvalue weighted by Gasteiger charge is -2.31. The van der Waals surface area contributed by atoms with E-state index >= 15 is 0 Å². The van der Waals surface area contributed by atoms with E-state index in [9.17, 15) is 4.79 Å². The van der Waals surface area contributed by atoms with Crippen LogP contribution in [-0.4, -0.2) is 11.7 Å². The number of ether oxygens (including phenoxy) is 2. The minimum atomic E-state index is -0.592. The molecule has 3 N–H and O–H groups in total. The summed E-state index contributed by atoms with van der Waals surface area (Å²) < 4.78 is 12.2. The van der Waals surface area contributed by atoms with Crippen LogP contribution < -0.4 is 20.5 Å². The Bertz CT molecular complexity index is 770. The van der Waals surface area contributed by atoms with Crippen molar-refractivity contribution in [3.8, 4) is 11.5 Å². The van der Waals surface area contributed by atoms with Crippen LogP contribution >= 0.6 is 0 Å². The molecule has 1 unspecified atom stereocenters. The van der Waals surface area contributed by atoms with Crippen molar-refractivity contribution >= 4 is 11.6 Å². The zero-order valence-electron chi connectivity index (χ0n) is 14.0. The summed E-state index contributed by atoms with van der Waals surface area (Å²) in [6.07, 6.45) is 5.30. The summed E-state index contributed by atoms with van der Waals surface area (Å²) in [5.41, 5.74) is 7.19. The fourth-order valence-corrected chi connectivity index (χ4v) is 3.61. The van der Waals surface area contributed by atoms with Crippen LogP contribution in [0.5, 0.6) is 11.5 Å². The molecule has 1 atom stereocenters. The predicted octanol–water partition coefficient (Wildman–Crippen LogP) is 3.76. The highest BCUT2D eigenvalue weighted by Gasteiger charge is 2.42. The standard InChI is InChI=1S/C20H22N2O3/c21-19(23)18(14-7-3-1-4-8-14)22-15-9-10-16-17(13-15)25-20(24-16)11-5-2-6-12-20/h1,3-4,7-10,13,18,22H,2,5-6,11-12H2,(H2,21,23). The van der Waals surface area contributed by atoms with Crippen molar-refractivity contribution in [3.63, 3.8) is 0 Å². The first-order valence-corrected chi connectivity index (χ1v) is 8.78.